The van der Waals surface area contributed by atoms with Crippen molar-refractivity contribution in [2.24, 2.45) is 0 Å². The quantitative estimate of drug-likeness (QED) is 0.265. The van der Waals surface area contributed by atoms with Gasteiger partial charge in [-0.3, -0.25) is 9.78 Å². The topological polar surface area (TPSA) is 69.7 Å². The number of benzene rings is 4. The van der Waals surface area contributed by atoms with E-state index in [1.54, 1.807) is 86.1 Å². The zero-order valence-electron chi connectivity index (χ0n) is 19.3. The second kappa shape index (κ2) is 9.71. The molecule has 1 amide bonds. The van der Waals surface area contributed by atoms with Crippen molar-refractivity contribution in [3.05, 3.63) is 95.4 Å². The molecular formula is C28H20ClFN2O4. The number of amides is 1. The van der Waals surface area contributed by atoms with E-state index in [0.29, 0.717) is 55.2 Å². The Morgan fingerprint density at radius 1 is 0.861 bits per heavy atom. The predicted octanol–water partition coefficient (Wildman–Crippen LogP) is 7.24. The number of carbonyl (C=O) groups is 1. The number of carbonyl (C=O) groups excluding carboxylic acids is 1. The summed E-state index contributed by atoms with van der Waals surface area (Å²) in [6, 6.07) is 20.1. The highest BCUT2D eigenvalue weighted by molar-refractivity contribution is 6.34. The highest BCUT2D eigenvalue weighted by atomic mass is 35.5. The van der Waals surface area contributed by atoms with Gasteiger partial charge in [-0.25, -0.2) is 4.39 Å². The Morgan fingerprint density at radius 3 is 2.42 bits per heavy atom. The summed E-state index contributed by atoms with van der Waals surface area (Å²) in [4.78, 5) is 16.9. The van der Waals surface area contributed by atoms with Gasteiger partial charge < -0.3 is 19.5 Å². The van der Waals surface area contributed by atoms with Gasteiger partial charge in [-0.05, 0) is 53.9 Å². The van der Waals surface area contributed by atoms with E-state index in [9.17, 15) is 4.79 Å². The van der Waals surface area contributed by atoms with E-state index in [4.69, 9.17) is 25.8 Å². The van der Waals surface area contributed by atoms with E-state index in [0.717, 1.165) is 0 Å². The Kier molecular flexibility index (Phi) is 6.31. The monoisotopic (exact) mass is 502 g/mol. The van der Waals surface area contributed by atoms with Gasteiger partial charge in [-0.1, -0.05) is 29.8 Å². The van der Waals surface area contributed by atoms with Crippen LogP contribution in [0, 0.1) is 5.82 Å². The second-order valence-electron chi connectivity index (χ2n) is 7.88. The third-order valence-electron chi connectivity index (χ3n) is 5.72. The van der Waals surface area contributed by atoms with Gasteiger partial charge in [-0.2, -0.15) is 0 Å². The molecule has 1 heterocycles. The Morgan fingerprint density at radius 2 is 1.64 bits per heavy atom. The number of hydrogen-bond donors (Lipinski definition) is 1. The first-order valence-electron chi connectivity index (χ1n) is 10.9. The molecule has 180 valence electrons. The number of ether oxygens (including phenoxy) is 3. The van der Waals surface area contributed by atoms with Crippen molar-refractivity contribution in [1.82, 2.24) is 4.98 Å². The molecule has 6 nitrogen and oxygen atoms in total. The molecule has 1 aromatic heterocycles. The summed E-state index contributed by atoms with van der Waals surface area (Å²) in [5.74, 6) is 0.636. The van der Waals surface area contributed by atoms with E-state index in [2.05, 4.69) is 10.3 Å². The largest absolute Gasteiger partial charge is 0.493 e. The molecule has 0 unspecified atom stereocenters. The Balaban J connectivity index is 1.46. The number of rotatable bonds is 6. The normalized spacial score (nSPS) is 10.9. The van der Waals surface area contributed by atoms with Crippen molar-refractivity contribution in [2.75, 3.05) is 19.5 Å². The summed E-state index contributed by atoms with van der Waals surface area (Å²) in [5.41, 5.74) is 1.49. The van der Waals surface area contributed by atoms with Crippen molar-refractivity contribution < 1.29 is 23.4 Å². The molecule has 36 heavy (non-hydrogen) atoms. The van der Waals surface area contributed by atoms with Crippen LogP contribution in [0.1, 0.15) is 10.4 Å². The molecular weight excluding hydrogens is 483 g/mol. The van der Waals surface area contributed by atoms with E-state index in [-0.39, 0.29) is 11.7 Å². The van der Waals surface area contributed by atoms with E-state index in [1.165, 1.54) is 7.11 Å². The molecule has 0 fully saturated rings. The van der Waals surface area contributed by atoms with Crippen molar-refractivity contribution in [3.8, 4) is 23.0 Å². The third kappa shape index (κ3) is 4.36. The zero-order valence-corrected chi connectivity index (χ0v) is 20.1. The lowest BCUT2D eigenvalue weighted by atomic mass is 10.1. The summed E-state index contributed by atoms with van der Waals surface area (Å²) in [5, 5.41) is 4.74. The van der Waals surface area contributed by atoms with E-state index >= 15 is 4.39 Å². The highest BCUT2D eigenvalue weighted by Crippen LogP contribution is 2.38. The Labute approximate surface area is 211 Å². The molecule has 0 bridgehead atoms. The molecule has 1 N–H and O–H groups in total. The number of nitrogens with zero attached hydrogens (tertiary/aromatic N) is 1. The number of aromatic nitrogens is 1. The summed E-state index contributed by atoms with van der Waals surface area (Å²) < 4.78 is 32.1. The van der Waals surface area contributed by atoms with Gasteiger partial charge >= 0.3 is 0 Å². The average molecular weight is 503 g/mol. The van der Waals surface area contributed by atoms with Crippen LogP contribution in [-0.4, -0.2) is 25.1 Å². The Bertz CT molecular complexity index is 1620. The van der Waals surface area contributed by atoms with Crippen LogP contribution < -0.4 is 19.5 Å². The van der Waals surface area contributed by atoms with Gasteiger partial charge in [-0.15, -0.1) is 0 Å². The van der Waals surface area contributed by atoms with Gasteiger partial charge in [0.15, 0.2) is 23.1 Å². The molecule has 0 spiro atoms. The zero-order chi connectivity index (χ0) is 25.2. The van der Waals surface area contributed by atoms with Crippen molar-refractivity contribution in [3.63, 3.8) is 0 Å². The van der Waals surface area contributed by atoms with Gasteiger partial charge in [0.1, 0.15) is 5.75 Å². The smallest absolute Gasteiger partial charge is 0.257 e. The van der Waals surface area contributed by atoms with Crippen LogP contribution >= 0.6 is 11.6 Å². The molecule has 0 saturated carbocycles. The van der Waals surface area contributed by atoms with Gasteiger partial charge in [0.25, 0.3) is 5.91 Å². The summed E-state index contributed by atoms with van der Waals surface area (Å²) in [6.45, 7) is 0. The highest BCUT2D eigenvalue weighted by Gasteiger charge is 2.15. The van der Waals surface area contributed by atoms with Crippen LogP contribution in [0.4, 0.5) is 10.1 Å². The first-order valence-corrected chi connectivity index (χ1v) is 11.3. The minimum Gasteiger partial charge on any atom is -0.493 e. The molecule has 0 atom stereocenters. The number of anilines is 1. The lowest BCUT2D eigenvalue weighted by molar-refractivity contribution is 0.102. The lowest BCUT2D eigenvalue weighted by Gasteiger charge is -2.14. The van der Waals surface area contributed by atoms with Crippen LogP contribution in [0.3, 0.4) is 0 Å². The number of hydrogen-bond acceptors (Lipinski definition) is 5. The number of pyridine rings is 1. The lowest BCUT2D eigenvalue weighted by Crippen LogP contribution is -2.12. The minimum absolute atomic E-state index is 0.0534. The van der Waals surface area contributed by atoms with Crippen LogP contribution in [0.2, 0.25) is 5.02 Å². The van der Waals surface area contributed by atoms with E-state index in [1.807, 2.05) is 0 Å². The number of halogens is 2. The fraction of sp³-hybridized carbons (Fsp3) is 0.0714. The molecule has 0 saturated heterocycles. The van der Waals surface area contributed by atoms with Crippen LogP contribution in [0.5, 0.6) is 23.0 Å². The fourth-order valence-corrected chi connectivity index (χ4v) is 4.15. The third-order valence-corrected chi connectivity index (χ3v) is 6.05. The number of fused-ring (bicyclic) bond motifs is 2. The van der Waals surface area contributed by atoms with Crippen LogP contribution in [-0.2, 0) is 0 Å². The van der Waals surface area contributed by atoms with Crippen LogP contribution in [0.15, 0.2) is 79.0 Å². The Hall–Kier alpha value is -4.36. The van der Waals surface area contributed by atoms with Crippen LogP contribution in [0.25, 0.3) is 21.7 Å². The summed E-state index contributed by atoms with van der Waals surface area (Å²) >= 11 is 6.11. The average Bonchev–Trinajstić information content (AvgIpc) is 2.89. The first-order chi connectivity index (χ1) is 17.5. The second-order valence-corrected chi connectivity index (χ2v) is 8.29. The maximum atomic E-state index is 15.4. The summed E-state index contributed by atoms with van der Waals surface area (Å²) in [7, 11) is 3.08. The minimum atomic E-state index is -0.526. The summed E-state index contributed by atoms with van der Waals surface area (Å²) in [6.07, 6.45) is 1.58. The molecule has 0 aliphatic heterocycles. The predicted molar refractivity (Wildman–Crippen MR) is 138 cm³/mol. The van der Waals surface area contributed by atoms with Gasteiger partial charge in [0.2, 0.25) is 0 Å². The fourth-order valence-electron chi connectivity index (χ4n) is 3.93. The molecule has 0 radical (unpaired) electrons. The van der Waals surface area contributed by atoms with Crippen molar-refractivity contribution in [2.45, 2.75) is 0 Å². The number of nitrogens with one attached hydrogen (secondary N) is 1. The standard InChI is InChI=1S/C28H20ClFN2O4/c1-34-25-14-20-22(15-26(25)35-2)31-12-11-23(20)36-24-10-7-16-13-17(8-9-18(16)27(24)30)32-28(33)19-5-3-4-6-21(19)29/h3-15H,1-2H3,(H,32,33). The SMILES string of the molecule is COc1cc2nccc(Oc3ccc4cc(NC(=O)c5ccccc5Cl)ccc4c3F)c2cc1OC. The van der Waals surface area contributed by atoms with Crippen molar-refractivity contribution in [1.29, 1.82) is 0 Å². The number of methoxy groups -OCH3 is 2. The molecule has 5 aromatic rings. The molecule has 0 aliphatic rings. The molecule has 0 aliphatic carbocycles. The molecule has 4 aromatic carbocycles. The van der Waals surface area contributed by atoms with Gasteiger partial charge in [0.05, 0.1) is 30.3 Å². The first kappa shape index (κ1) is 23.4. The maximum Gasteiger partial charge on any atom is 0.257 e. The van der Waals surface area contributed by atoms with Crippen molar-refractivity contribution >= 4 is 44.9 Å². The van der Waals surface area contributed by atoms with Gasteiger partial charge in [0, 0.05) is 28.7 Å². The molecule has 8 heteroatoms. The maximum absolute atomic E-state index is 15.4. The van der Waals surface area contributed by atoms with E-state index < -0.39 is 5.82 Å². The molecule has 5 rings (SSSR count).